The van der Waals surface area contributed by atoms with Gasteiger partial charge < -0.3 is 5.73 Å². The van der Waals surface area contributed by atoms with E-state index in [1.807, 2.05) is 19.1 Å². The zero-order valence-electron chi connectivity index (χ0n) is 9.85. The molecule has 1 aromatic rings. The van der Waals surface area contributed by atoms with Crippen molar-refractivity contribution in [1.82, 2.24) is 4.90 Å². The first-order chi connectivity index (χ1) is 8.09. The van der Waals surface area contributed by atoms with Gasteiger partial charge in [0.05, 0.1) is 6.04 Å². The minimum absolute atomic E-state index is 0.0869. The fourth-order valence-electron chi connectivity index (χ4n) is 2.17. The minimum atomic E-state index is -0.237. The molecule has 1 atom stereocenters. The van der Waals surface area contributed by atoms with Crippen LogP contribution in [0.4, 0.5) is 5.69 Å². The minimum Gasteiger partial charge on any atom is -0.399 e. The van der Waals surface area contributed by atoms with Crippen molar-refractivity contribution in [3.05, 3.63) is 29.8 Å². The molecule has 1 aliphatic heterocycles. The van der Waals surface area contributed by atoms with E-state index in [9.17, 15) is 9.59 Å². The molecule has 1 aliphatic rings. The Morgan fingerprint density at radius 1 is 1.24 bits per heavy atom. The predicted octanol–water partition coefficient (Wildman–Crippen LogP) is 1.87. The van der Waals surface area contributed by atoms with Crippen molar-refractivity contribution in [3.63, 3.8) is 0 Å². The van der Waals surface area contributed by atoms with E-state index in [2.05, 4.69) is 0 Å². The third kappa shape index (κ3) is 2.30. The van der Waals surface area contributed by atoms with Crippen LogP contribution in [0.5, 0.6) is 0 Å². The van der Waals surface area contributed by atoms with Crippen LogP contribution >= 0.6 is 0 Å². The fourth-order valence-corrected chi connectivity index (χ4v) is 2.17. The lowest BCUT2D eigenvalue weighted by atomic mass is 10.0. The maximum absolute atomic E-state index is 11.8. The molecule has 4 heteroatoms. The third-order valence-electron chi connectivity index (χ3n) is 3.10. The Labute approximate surface area is 100 Å². The Bertz CT molecular complexity index is 440. The Hall–Kier alpha value is -1.84. The number of amides is 2. The number of nitrogen functional groups attached to an aromatic ring is 1. The molecule has 1 unspecified atom stereocenters. The molecule has 1 fully saturated rings. The number of piperidine rings is 1. The van der Waals surface area contributed by atoms with E-state index in [1.165, 1.54) is 4.90 Å². The second kappa shape index (κ2) is 4.57. The largest absolute Gasteiger partial charge is 0.399 e. The number of imide groups is 1. The van der Waals surface area contributed by atoms with Gasteiger partial charge in [-0.25, -0.2) is 0 Å². The summed E-state index contributed by atoms with van der Waals surface area (Å²) in [7, 11) is 0. The van der Waals surface area contributed by atoms with Crippen LogP contribution in [0.2, 0.25) is 0 Å². The molecule has 0 bridgehead atoms. The zero-order chi connectivity index (χ0) is 12.4. The zero-order valence-corrected chi connectivity index (χ0v) is 9.85. The first kappa shape index (κ1) is 11.6. The highest BCUT2D eigenvalue weighted by atomic mass is 16.2. The number of hydrogen-bond acceptors (Lipinski definition) is 3. The van der Waals surface area contributed by atoms with Crippen LogP contribution in [0.25, 0.3) is 0 Å². The molecule has 1 aromatic carbocycles. The third-order valence-corrected chi connectivity index (χ3v) is 3.10. The van der Waals surface area contributed by atoms with E-state index in [0.717, 1.165) is 5.56 Å². The highest BCUT2D eigenvalue weighted by Crippen LogP contribution is 2.26. The number of benzene rings is 1. The summed E-state index contributed by atoms with van der Waals surface area (Å²) in [5.41, 5.74) is 7.25. The molecule has 0 radical (unpaired) electrons. The predicted molar refractivity (Wildman–Crippen MR) is 65.0 cm³/mol. The Morgan fingerprint density at radius 2 is 1.88 bits per heavy atom. The molecule has 2 amide bonds. The second-order valence-electron chi connectivity index (χ2n) is 4.36. The van der Waals surface area contributed by atoms with E-state index >= 15 is 0 Å². The number of nitrogens with zero attached hydrogens (tertiary/aromatic N) is 1. The summed E-state index contributed by atoms with van der Waals surface area (Å²) in [6.07, 6.45) is 1.58. The van der Waals surface area contributed by atoms with Gasteiger partial charge in [-0.05, 0) is 31.0 Å². The van der Waals surface area contributed by atoms with Crippen LogP contribution in [0, 0.1) is 0 Å². The van der Waals surface area contributed by atoms with Gasteiger partial charge in [-0.2, -0.15) is 0 Å². The lowest BCUT2D eigenvalue weighted by molar-refractivity contribution is -0.150. The lowest BCUT2D eigenvalue weighted by Gasteiger charge is -2.31. The van der Waals surface area contributed by atoms with Gasteiger partial charge >= 0.3 is 0 Å². The van der Waals surface area contributed by atoms with Crippen LogP contribution in [0.3, 0.4) is 0 Å². The quantitative estimate of drug-likeness (QED) is 0.625. The molecule has 0 aromatic heterocycles. The number of hydrogen-bond donors (Lipinski definition) is 1. The summed E-state index contributed by atoms with van der Waals surface area (Å²) in [4.78, 5) is 24.9. The number of carbonyl (C=O) groups excluding carboxylic acids is 2. The highest BCUT2D eigenvalue weighted by molar-refractivity contribution is 5.98. The van der Waals surface area contributed by atoms with Crippen molar-refractivity contribution in [2.75, 3.05) is 5.73 Å². The van der Waals surface area contributed by atoms with Gasteiger partial charge in [0.25, 0.3) is 0 Å². The van der Waals surface area contributed by atoms with E-state index in [4.69, 9.17) is 5.73 Å². The Morgan fingerprint density at radius 3 is 2.47 bits per heavy atom. The molecule has 0 saturated carbocycles. The standard InChI is InChI=1S/C13H16N2O2/c1-9(10-4-2-5-11(14)8-10)15-12(16)6-3-7-13(15)17/h2,4-5,8-9H,3,6-7,14H2,1H3. The Balaban J connectivity index is 2.26. The second-order valence-corrected chi connectivity index (χ2v) is 4.36. The van der Waals surface area contributed by atoms with E-state index in [1.54, 1.807) is 12.1 Å². The molecule has 17 heavy (non-hydrogen) atoms. The van der Waals surface area contributed by atoms with Gasteiger partial charge in [-0.15, -0.1) is 0 Å². The fraction of sp³-hybridized carbons (Fsp3) is 0.385. The van der Waals surface area contributed by atoms with E-state index < -0.39 is 0 Å². The smallest absolute Gasteiger partial charge is 0.229 e. The van der Waals surface area contributed by atoms with Crippen molar-refractivity contribution in [3.8, 4) is 0 Å². The topological polar surface area (TPSA) is 63.4 Å². The van der Waals surface area contributed by atoms with Crippen LogP contribution in [-0.4, -0.2) is 16.7 Å². The lowest BCUT2D eigenvalue weighted by Crippen LogP contribution is -2.41. The first-order valence-corrected chi connectivity index (χ1v) is 5.80. The van der Waals surface area contributed by atoms with Gasteiger partial charge in [0.15, 0.2) is 0 Å². The summed E-state index contributed by atoms with van der Waals surface area (Å²) in [5.74, 6) is -0.174. The van der Waals surface area contributed by atoms with Gasteiger partial charge in [-0.3, -0.25) is 14.5 Å². The molecule has 4 nitrogen and oxygen atoms in total. The van der Waals surface area contributed by atoms with Crippen molar-refractivity contribution < 1.29 is 9.59 Å². The molecule has 1 saturated heterocycles. The summed E-state index contributed by atoms with van der Waals surface area (Å²) in [6.45, 7) is 1.86. The molecule has 90 valence electrons. The molecule has 2 N–H and O–H groups in total. The van der Waals surface area contributed by atoms with Crippen LogP contribution in [0.1, 0.15) is 37.8 Å². The number of anilines is 1. The van der Waals surface area contributed by atoms with Crippen molar-refractivity contribution in [1.29, 1.82) is 0 Å². The van der Waals surface area contributed by atoms with Crippen LogP contribution in [-0.2, 0) is 9.59 Å². The number of nitrogens with two attached hydrogens (primary N) is 1. The average molecular weight is 232 g/mol. The van der Waals surface area contributed by atoms with Crippen LogP contribution in [0.15, 0.2) is 24.3 Å². The summed E-state index contributed by atoms with van der Waals surface area (Å²) in [6, 6.07) is 7.07. The summed E-state index contributed by atoms with van der Waals surface area (Å²) < 4.78 is 0. The number of likely N-dealkylation sites (tertiary alicyclic amines) is 1. The molecular formula is C13H16N2O2. The van der Waals surface area contributed by atoms with E-state index in [0.29, 0.717) is 24.9 Å². The molecule has 1 heterocycles. The van der Waals surface area contributed by atoms with Crippen LogP contribution < -0.4 is 5.73 Å². The number of rotatable bonds is 2. The first-order valence-electron chi connectivity index (χ1n) is 5.80. The molecule has 0 spiro atoms. The van der Waals surface area contributed by atoms with Crippen molar-refractivity contribution >= 4 is 17.5 Å². The van der Waals surface area contributed by atoms with Gasteiger partial charge in [0, 0.05) is 18.5 Å². The highest BCUT2D eigenvalue weighted by Gasteiger charge is 2.30. The normalized spacial score (nSPS) is 18.3. The summed E-state index contributed by atoms with van der Waals surface area (Å²) >= 11 is 0. The average Bonchev–Trinajstić information content (AvgIpc) is 2.28. The van der Waals surface area contributed by atoms with Gasteiger partial charge in [-0.1, -0.05) is 12.1 Å². The van der Waals surface area contributed by atoms with E-state index in [-0.39, 0.29) is 17.9 Å². The summed E-state index contributed by atoms with van der Waals surface area (Å²) in [5, 5.41) is 0. The Kier molecular flexibility index (Phi) is 3.13. The molecule has 2 rings (SSSR count). The SMILES string of the molecule is CC(c1cccc(N)c1)N1C(=O)CCCC1=O. The number of carbonyl (C=O) groups is 2. The van der Waals surface area contributed by atoms with Crippen molar-refractivity contribution in [2.45, 2.75) is 32.2 Å². The van der Waals surface area contributed by atoms with Gasteiger partial charge in [0.2, 0.25) is 11.8 Å². The van der Waals surface area contributed by atoms with Crippen molar-refractivity contribution in [2.24, 2.45) is 0 Å². The molecule has 0 aliphatic carbocycles. The van der Waals surface area contributed by atoms with Gasteiger partial charge in [0.1, 0.15) is 0 Å². The molecular weight excluding hydrogens is 216 g/mol. The maximum atomic E-state index is 11.8. The maximum Gasteiger partial charge on any atom is 0.229 e. The monoisotopic (exact) mass is 232 g/mol.